The van der Waals surface area contributed by atoms with Gasteiger partial charge in [0.15, 0.2) is 0 Å². The molecule has 1 aliphatic rings. The van der Waals surface area contributed by atoms with Crippen LogP contribution >= 0.6 is 11.6 Å². The Kier molecular flexibility index (Phi) is 5.80. The van der Waals surface area contributed by atoms with E-state index in [1.54, 1.807) is 24.5 Å². The molecule has 1 aliphatic heterocycles. The third-order valence-corrected chi connectivity index (χ3v) is 4.33. The van der Waals surface area contributed by atoms with Crippen molar-refractivity contribution in [3.05, 3.63) is 64.9 Å². The molecular weight excluding hydrogens is 326 g/mol. The van der Waals surface area contributed by atoms with Crippen LogP contribution in [0.15, 0.2) is 48.8 Å². The van der Waals surface area contributed by atoms with Gasteiger partial charge in [-0.2, -0.15) is 0 Å². The number of nitrogens with one attached hydrogen (secondary N) is 1. The highest BCUT2D eigenvalue weighted by Gasteiger charge is 2.23. The van der Waals surface area contributed by atoms with Crippen LogP contribution in [0.5, 0.6) is 0 Å². The molecule has 24 heavy (non-hydrogen) atoms. The summed E-state index contributed by atoms with van der Waals surface area (Å²) in [5.41, 5.74) is 1.65. The van der Waals surface area contributed by atoms with Crippen molar-refractivity contribution >= 4 is 17.5 Å². The lowest BCUT2D eigenvalue weighted by Crippen LogP contribution is -2.43. The predicted molar refractivity (Wildman–Crippen MR) is 93.2 cm³/mol. The number of morpholine rings is 1. The van der Waals surface area contributed by atoms with Crippen molar-refractivity contribution in [1.82, 2.24) is 15.2 Å². The van der Waals surface area contributed by atoms with Gasteiger partial charge in [-0.05, 0) is 29.8 Å². The van der Waals surface area contributed by atoms with E-state index in [-0.39, 0.29) is 11.9 Å². The van der Waals surface area contributed by atoms with Crippen molar-refractivity contribution < 1.29 is 9.53 Å². The van der Waals surface area contributed by atoms with Crippen LogP contribution in [-0.2, 0) is 4.74 Å². The SMILES string of the molecule is O=C(NC[C@@H](c1cccc(Cl)c1)N1CCOCC1)c1cccnc1. The number of hydrogen-bond donors (Lipinski definition) is 1. The van der Waals surface area contributed by atoms with Crippen LogP contribution in [0.2, 0.25) is 5.02 Å². The topological polar surface area (TPSA) is 54.5 Å². The molecule has 1 fully saturated rings. The van der Waals surface area contributed by atoms with Gasteiger partial charge in [0.1, 0.15) is 0 Å². The summed E-state index contributed by atoms with van der Waals surface area (Å²) < 4.78 is 5.44. The highest BCUT2D eigenvalue weighted by molar-refractivity contribution is 6.30. The van der Waals surface area contributed by atoms with Gasteiger partial charge in [0.25, 0.3) is 5.91 Å². The zero-order chi connectivity index (χ0) is 16.8. The minimum atomic E-state index is -0.122. The molecule has 5 nitrogen and oxygen atoms in total. The lowest BCUT2D eigenvalue weighted by atomic mass is 10.0. The Hall–Kier alpha value is -1.95. The Balaban J connectivity index is 1.73. The van der Waals surface area contributed by atoms with Crippen LogP contribution in [-0.4, -0.2) is 48.6 Å². The molecular formula is C18H20ClN3O2. The molecule has 3 rings (SSSR count). The molecule has 2 heterocycles. The van der Waals surface area contributed by atoms with Crippen molar-refractivity contribution in [3.63, 3.8) is 0 Å². The van der Waals surface area contributed by atoms with E-state index in [0.29, 0.717) is 30.3 Å². The number of nitrogens with zero attached hydrogens (tertiary/aromatic N) is 2. The van der Waals surface area contributed by atoms with Gasteiger partial charge in [-0.3, -0.25) is 14.7 Å². The van der Waals surface area contributed by atoms with E-state index in [2.05, 4.69) is 15.2 Å². The lowest BCUT2D eigenvalue weighted by molar-refractivity contribution is 0.0162. The number of amides is 1. The highest BCUT2D eigenvalue weighted by Crippen LogP contribution is 2.24. The molecule has 1 N–H and O–H groups in total. The average Bonchev–Trinajstić information content (AvgIpc) is 2.63. The fraction of sp³-hybridized carbons (Fsp3) is 0.333. The second kappa shape index (κ2) is 8.24. The van der Waals surface area contributed by atoms with Gasteiger partial charge in [-0.1, -0.05) is 23.7 Å². The fourth-order valence-corrected chi connectivity index (χ4v) is 3.05. The first-order chi connectivity index (χ1) is 11.7. The van der Waals surface area contributed by atoms with Gasteiger partial charge in [-0.15, -0.1) is 0 Å². The zero-order valence-corrected chi connectivity index (χ0v) is 14.1. The molecule has 0 radical (unpaired) electrons. The number of rotatable bonds is 5. The molecule has 1 atom stereocenters. The number of hydrogen-bond acceptors (Lipinski definition) is 4. The Bertz CT molecular complexity index is 675. The van der Waals surface area contributed by atoms with Gasteiger partial charge >= 0.3 is 0 Å². The molecule has 1 aromatic carbocycles. The second-order valence-electron chi connectivity index (χ2n) is 5.67. The van der Waals surface area contributed by atoms with Crippen LogP contribution in [0.3, 0.4) is 0 Å². The summed E-state index contributed by atoms with van der Waals surface area (Å²) in [5.74, 6) is -0.122. The van der Waals surface area contributed by atoms with Gasteiger partial charge in [0, 0.05) is 37.1 Å². The van der Waals surface area contributed by atoms with E-state index >= 15 is 0 Å². The van der Waals surface area contributed by atoms with Crippen molar-refractivity contribution in [2.75, 3.05) is 32.8 Å². The number of aromatic nitrogens is 1. The molecule has 0 bridgehead atoms. The summed E-state index contributed by atoms with van der Waals surface area (Å²) in [6.07, 6.45) is 3.22. The molecule has 1 aromatic heterocycles. The van der Waals surface area contributed by atoms with Crippen LogP contribution in [0.25, 0.3) is 0 Å². The molecule has 2 aromatic rings. The van der Waals surface area contributed by atoms with Crippen molar-refractivity contribution in [1.29, 1.82) is 0 Å². The van der Waals surface area contributed by atoms with E-state index in [9.17, 15) is 4.79 Å². The highest BCUT2D eigenvalue weighted by atomic mass is 35.5. The minimum absolute atomic E-state index is 0.0632. The molecule has 0 spiro atoms. The van der Waals surface area contributed by atoms with Crippen molar-refractivity contribution in [2.24, 2.45) is 0 Å². The lowest BCUT2D eigenvalue weighted by Gasteiger charge is -2.35. The molecule has 0 aliphatic carbocycles. The monoisotopic (exact) mass is 345 g/mol. The van der Waals surface area contributed by atoms with Crippen LogP contribution in [0.1, 0.15) is 22.0 Å². The summed E-state index contributed by atoms with van der Waals surface area (Å²) in [7, 11) is 0. The van der Waals surface area contributed by atoms with E-state index in [1.165, 1.54) is 0 Å². The number of carbonyl (C=O) groups excluding carboxylic acids is 1. The Morgan fingerprint density at radius 1 is 1.29 bits per heavy atom. The standard InChI is InChI=1S/C18H20ClN3O2/c19-16-5-1-3-14(11-16)17(22-7-9-24-10-8-22)13-21-18(23)15-4-2-6-20-12-15/h1-6,11-12,17H,7-10,13H2,(H,21,23)/t17-/m0/s1. The minimum Gasteiger partial charge on any atom is -0.379 e. The number of ether oxygens (including phenoxy) is 1. The van der Waals surface area contributed by atoms with E-state index < -0.39 is 0 Å². The summed E-state index contributed by atoms with van der Waals surface area (Å²) in [5, 5.41) is 3.71. The van der Waals surface area contributed by atoms with Crippen LogP contribution in [0.4, 0.5) is 0 Å². The number of benzene rings is 1. The maximum absolute atomic E-state index is 12.3. The zero-order valence-electron chi connectivity index (χ0n) is 13.3. The van der Waals surface area contributed by atoms with Gasteiger partial charge in [0.2, 0.25) is 0 Å². The predicted octanol–water partition coefficient (Wildman–Crippen LogP) is 2.54. The molecule has 0 saturated carbocycles. The van der Waals surface area contributed by atoms with Crippen molar-refractivity contribution in [2.45, 2.75) is 6.04 Å². The largest absolute Gasteiger partial charge is 0.379 e. The molecule has 6 heteroatoms. The fourth-order valence-electron chi connectivity index (χ4n) is 2.85. The van der Waals surface area contributed by atoms with Crippen molar-refractivity contribution in [3.8, 4) is 0 Å². The van der Waals surface area contributed by atoms with Gasteiger partial charge < -0.3 is 10.1 Å². The summed E-state index contributed by atoms with van der Waals surface area (Å²) in [4.78, 5) is 18.6. The molecule has 126 valence electrons. The Morgan fingerprint density at radius 3 is 2.83 bits per heavy atom. The summed E-state index contributed by atoms with van der Waals surface area (Å²) >= 11 is 6.15. The average molecular weight is 346 g/mol. The number of pyridine rings is 1. The van der Waals surface area contributed by atoms with Gasteiger partial charge in [-0.25, -0.2) is 0 Å². The normalized spacial score (nSPS) is 16.5. The first-order valence-electron chi connectivity index (χ1n) is 7.99. The summed E-state index contributed by atoms with van der Waals surface area (Å²) in [6, 6.07) is 11.4. The maximum atomic E-state index is 12.3. The van der Waals surface area contributed by atoms with E-state index in [1.807, 2.05) is 24.3 Å². The van der Waals surface area contributed by atoms with E-state index in [0.717, 1.165) is 18.7 Å². The van der Waals surface area contributed by atoms with Crippen LogP contribution in [0, 0.1) is 0 Å². The number of carbonyl (C=O) groups is 1. The Morgan fingerprint density at radius 2 is 2.12 bits per heavy atom. The quantitative estimate of drug-likeness (QED) is 0.904. The first kappa shape index (κ1) is 16.9. The molecule has 1 saturated heterocycles. The number of halogens is 1. The Labute approximate surface area is 146 Å². The third-order valence-electron chi connectivity index (χ3n) is 4.10. The smallest absolute Gasteiger partial charge is 0.252 e. The third kappa shape index (κ3) is 4.32. The first-order valence-corrected chi connectivity index (χ1v) is 8.37. The maximum Gasteiger partial charge on any atom is 0.252 e. The molecule has 1 amide bonds. The summed E-state index contributed by atoms with van der Waals surface area (Å²) in [6.45, 7) is 3.58. The second-order valence-corrected chi connectivity index (χ2v) is 6.11. The molecule has 0 unspecified atom stereocenters. The van der Waals surface area contributed by atoms with E-state index in [4.69, 9.17) is 16.3 Å². The van der Waals surface area contributed by atoms with Crippen LogP contribution < -0.4 is 5.32 Å². The van der Waals surface area contributed by atoms with Gasteiger partial charge in [0.05, 0.1) is 24.8 Å².